The van der Waals surface area contributed by atoms with Gasteiger partial charge in [-0.3, -0.25) is 4.79 Å². The molecule has 0 fully saturated rings. The summed E-state index contributed by atoms with van der Waals surface area (Å²) in [4.78, 5) is 16.2. The van der Waals surface area contributed by atoms with E-state index >= 15 is 0 Å². The molecular weight excluding hydrogens is 288 g/mol. The summed E-state index contributed by atoms with van der Waals surface area (Å²) in [6.07, 6.45) is 2.61. The molecule has 0 aromatic carbocycles. The molecular formula is C16H19ClN2O2. The lowest BCUT2D eigenvalue weighted by Crippen LogP contribution is -2.13. The number of pyridine rings is 1. The fraction of sp³-hybridized carbons (Fsp3) is 0.375. The molecule has 0 unspecified atom stereocenters. The summed E-state index contributed by atoms with van der Waals surface area (Å²) in [7, 11) is 0. The first-order valence-electron chi connectivity index (χ1n) is 6.97. The van der Waals surface area contributed by atoms with Gasteiger partial charge >= 0.3 is 0 Å². The highest BCUT2D eigenvalue weighted by Gasteiger charge is 2.16. The van der Waals surface area contributed by atoms with Gasteiger partial charge in [0, 0.05) is 29.7 Å². The second-order valence-corrected chi connectivity index (χ2v) is 5.30. The predicted molar refractivity (Wildman–Crippen MR) is 83.3 cm³/mol. The topological polar surface area (TPSA) is 44.1 Å². The molecule has 0 amide bonds. The Labute approximate surface area is 129 Å². The van der Waals surface area contributed by atoms with Crippen LogP contribution in [0.25, 0.3) is 0 Å². The van der Waals surface area contributed by atoms with E-state index in [1.165, 1.54) is 0 Å². The van der Waals surface area contributed by atoms with E-state index in [9.17, 15) is 4.79 Å². The smallest absolute Gasteiger partial charge is 0.202 e. The highest BCUT2D eigenvalue weighted by molar-refractivity contribution is 6.30. The van der Waals surface area contributed by atoms with Crippen molar-refractivity contribution in [2.45, 2.75) is 33.7 Å². The Hall–Kier alpha value is -1.81. The monoisotopic (exact) mass is 306 g/mol. The van der Waals surface area contributed by atoms with Gasteiger partial charge in [0.05, 0.1) is 0 Å². The van der Waals surface area contributed by atoms with Gasteiger partial charge in [-0.15, -0.1) is 0 Å². The van der Waals surface area contributed by atoms with E-state index in [0.29, 0.717) is 11.3 Å². The van der Waals surface area contributed by atoms with Gasteiger partial charge in [-0.25, -0.2) is 4.98 Å². The number of carbonyl (C=O) groups is 1. The zero-order valence-corrected chi connectivity index (χ0v) is 13.3. The summed E-state index contributed by atoms with van der Waals surface area (Å²) < 4.78 is 7.62. The number of hydrogen-bond donors (Lipinski definition) is 0. The van der Waals surface area contributed by atoms with Gasteiger partial charge in [-0.05, 0) is 38.5 Å². The minimum Gasteiger partial charge on any atom is -0.482 e. The van der Waals surface area contributed by atoms with E-state index in [1.54, 1.807) is 18.3 Å². The lowest BCUT2D eigenvalue weighted by Gasteiger charge is -2.08. The van der Waals surface area contributed by atoms with E-state index in [-0.39, 0.29) is 17.5 Å². The Morgan fingerprint density at radius 1 is 1.43 bits per heavy atom. The number of aromatic nitrogens is 2. The molecule has 4 nitrogen and oxygen atoms in total. The molecule has 0 N–H and O–H groups in total. The summed E-state index contributed by atoms with van der Waals surface area (Å²) in [5.41, 5.74) is 2.79. The van der Waals surface area contributed by atoms with Crippen LogP contribution in [-0.4, -0.2) is 21.9 Å². The molecule has 21 heavy (non-hydrogen) atoms. The number of halogens is 1. The zero-order chi connectivity index (χ0) is 15.4. The highest BCUT2D eigenvalue weighted by atomic mass is 35.5. The van der Waals surface area contributed by atoms with Crippen molar-refractivity contribution in [1.82, 2.24) is 9.55 Å². The largest absolute Gasteiger partial charge is 0.482 e. The number of ether oxygens (including phenoxy) is 1. The summed E-state index contributed by atoms with van der Waals surface area (Å²) >= 11 is 5.90. The van der Waals surface area contributed by atoms with Gasteiger partial charge in [-0.2, -0.15) is 0 Å². The fourth-order valence-corrected chi connectivity index (χ4v) is 2.52. The molecule has 0 aliphatic heterocycles. The molecule has 2 heterocycles. The van der Waals surface area contributed by atoms with Crippen LogP contribution in [-0.2, 0) is 6.54 Å². The molecule has 2 rings (SSSR count). The van der Waals surface area contributed by atoms with Crippen LogP contribution in [0, 0.1) is 13.8 Å². The number of aryl methyl sites for hydroxylation is 1. The first kappa shape index (κ1) is 15.6. The molecule has 0 aliphatic rings. The van der Waals surface area contributed by atoms with Crippen LogP contribution >= 0.6 is 11.6 Å². The Morgan fingerprint density at radius 2 is 2.19 bits per heavy atom. The lowest BCUT2D eigenvalue weighted by molar-refractivity contribution is 0.0920. The van der Waals surface area contributed by atoms with E-state index in [1.807, 2.05) is 19.9 Å². The van der Waals surface area contributed by atoms with E-state index in [2.05, 4.69) is 16.5 Å². The third-order valence-corrected chi connectivity index (χ3v) is 3.69. The van der Waals surface area contributed by atoms with Crippen LogP contribution < -0.4 is 4.74 Å². The summed E-state index contributed by atoms with van der Waals surface area (Å²) in [5, 5.41) is 0.266. The first-order valence-corrected chi connectivity index (χ1v) is 7.35. The van der Waals surface area contributed by atoms with Gasteiger partial charge in [0.25, 0.3) is 0 Å². The van der Waals surface area contributed by atoms with Crippen molar-refractivity contribution < 1.29 is 9.53 Å². The standard InChI is InChI=1S/C16H19ClN2O2/c1-4-8-19-11(2)9-13(12(19)3)14(20)10-21-15-6-5-7-18-16(15)17/h5-7,9H,4,8,10H2,1-3H3. The maximum atomic E-state index is 12.3. The minimum atomic E-state index is -0.0506. The number of nitrogens with zero attached hydrogens (tertiary/aromatic N) is 2. The van der Waals surface area contributed by atoms with Crippen molar-refractivity contribution in [3.8, 4) is 5.75 Å². The lowest BCUT2D eigenvalue weighted by atomic mass is 10.1. The van der Waals surface area contributed by atoms with E-state index < -0.39 is 0 Å². The van der Waals surface area contributed by atoms with Crippen molar-refractivity contribution in [2.75, 3.05) is 6.61 Å². The van der Waals surface area contributed by atoms with Crippen LogP contribution in [0.3, 0.4) is 0 Å². The molecule has 0 saturated carbocycles. The number of rotatable bonds is 6. The number of carbonyl (C=O) groups excluding carboxylic acids is 1. The third-order valence-electron chi connectivity index (χ3n) is 3.40. The van der Waals surface area contributed by atoms with Crippen molar-refractivity contribution >= 4 is 17.4 Å². The highest BCUT2D eigenvalue weighted by Crippen LogP contribution is 2.21. The Morgan fingerprint density at radius 3 is 2.86 bits per heavy atom. The maximum Gasteiger partial charge on any atom is 0.202 e. The molecule has 0 spiro atoms. The SMILES string of the molecule is CCCn1c(C)cc(C(=O)COc2cccnc2Cl)c1C. The fourth-order valence-electron chi connectivity index (χ4n) is 2.35. The van der Waals surface area contributed by atoms with E-state index in [0.717, 1.165) is 24.4 Å². The molecule has 0 aliphatic carbocycles. The van der Waals surface area contributed by atoms with Gasteiger partial charge in [-0.1, -0.05) is 18.5 Å². The second kappa shape index (κ2) is 6.76. The molecule has 0 bridgehead atoms. The van der Waals surface area contributed by atoms with Gasteiger partial charge in [0.15, 0.2) is 17.5 Å². The first-order chi connectivity index (χ1) is 10.0. The van der Waals surface area contributed by atoms with Crippen molar-refractivity contribution in [1.29, 1.82) is 0 Å². The molecule has 2 aromatic heterocycles. The summed E-state index contributed by atoms with van der Waals surface area (Å²) in [6.45, 7) is 6.97. The van der Waals surface area contributed by atoms with E-state index in [4.69, 9.17) is 16.3 Å². The minimum absolute atomic E-state index is 0.0398. The van der Waals surface area contributed by atoms with Crippen LogP contribution in [0.4, 0.5) is 0 Å². The molecule has 0 radical (unpaired) electrons. The molecule has 5 heteroatoms. The predicted octanol–water partition coefficient (Wildman–Crippen LogP) is 3.83. The van der Waals surface area contributed by atoms with Crippen LogP contribution in [0.1, 0.15) is 35.1 Å². The Bertz CT molecular complexity index is 650. The maximum absolute atomic E-state index is 12.3. The van der Waals surface area contributed by atoms with Gasteiger partial charge in [0.1, 0.15) is 0 Å². The normalized spacial score (nSPS) is 10.7. The van der Waals surface area contributed by atoms with Crippen LogP contribution in [0.2, 0.25) is 5.15 Å². The average Bonchev–Trinajstić information content (AvgIpc) is 2.75. The molecule has 0 atom stereocenters. The number of ketones is 1. The van der Waals surface area contributed by atoms with Crippen LogP contribution in [0.5, 0.6) is 5.75 Å². The van der Waals surface area contributed by atoms with Crippen LogP contribution in [0.15, 0.2) is 24.4 Å². The number of hydrogen-bond acceptors (Lipinski definition) is 3. The summed E-state index contributed by atoms with van der Waals surface area (Å²) in [6, 6.07) is 5.34. The average molecular weight is 307 g/mol. The second-order valence-electron chi connectivity index (χ2n) is 4.94. The Balaban J connectivity index is 2.11. The Kier molecular flexibility index (Phi) is 5.02. The quantitative estimate of drug-likeness (QED) is 0.602. The number of Topliss-reactive ketones (excluding diaryl/α,β-unsaturated/α-hetero) is 1. The molecule has 2 aromatic rings. The van der Waals surface area contributed by atoms with Crippen molar-refractivity contribution in [2.24, 2.45) is 0 Å². The zero-order valence-electron chi connectivity index (χ0n) is 12.5. The van der Waals surface area contributed by atoms with Gasteiger partial charge < -0.3 is 9.30 Å². The van der Waals surface area contributed by atoms with Gasteiger partial charge in [0.2, 0.25) is 5.78 Å². The molecule has 112 valence electrons. The third kappa shape index (κ3) is 3.45. The summed E-state index contributed by atoms with van der Waals surface area (Å²) in [5.74, 6) is 0.375. The van der Waals surface area contributed by atoms with Crippen molar-refractivity contribution in [3.63, 3.8) is 0 Å². The molecule has 0 saturated heterocycles. The van der Waals surface area contributed by atoms with Crippen molar-refractivity contribution in [3.05, 3.63) is 46.5 Å².